The van der Waals surface area contributed by atoms with Crippen molar-refractivity contribution in [2.75, 3.05) is 6.54 Å². The van der Waals surface area contributed by atoms with Crippen LogP contribution in [-0.4, -0.2) is 25.1 Å². The summed E-state index contributed by atoms with van der Waals surface area (Å²) in [5.41, 5.74) is 0.432. The molecule has 2 N–H and O–H groups in total. The van der Waals surface area contributed by atoms with Crippen molar-refractivity contribution in [1.82, 2.24) is 9.71 Å². The predicted molar refractivity (Wildman–Crippen MR) is 80.8 cm³/mol. The number of benzene rings is 1. The van der Waals surface area contributed by atoms with Crippen LogP contribution in [-0.2, 0) is 10.0 Å². The molecule has 1 aromatic heterocycles. The first-order chi connectivity index (χ1) is 9.88. The van der Waals surface area contributed by atoms with Gasteiger partial charge in [-0.15, -0.1) is 0 Å². The largest absolute Gasteiger partial charge is 0.387 e. The smallest absolute Gasteiger partial charge is 0.242 e. The molecule has 1 unspecified atom stereocenters. The monoisotopic (exact) mass is 346 g/mol. The number of aliphatic hydroxyl groups excluding tert-OH is 1. The number of aromatic nitrogens is 1. The highest BCUT2D eigenvalue weighted by molar-refractivity contribution is 7.89. The van der Waals surface area contributed by atoms with Gasteiger partial charge in [0.25, 0.3) is 0 Å². The molecule has 8 heteroatoms. The van der Waals surface area contributed by atoms with Gasteiger partial charge in [0.15, 0.2) is 0 Å². The zero-order valence-corrected chi connectivity index (χ0v) is 13.0. The van der Waals surface area contributed by atoms with E-state index >= 15 is 0 Å². The molecule has 0 saturated heterocycles. The van der Waals surface area contributed by atoms with Crippen molar-refractivity contribution < 1.29 is 13.5 Å². The van der Waals surface area contributed by atoms with Crippen molar-refractivity contribution in [2.24, 2.45) is 0 Å². The summed E-state index contributed by atoms with van der Waals surface area (Å²) in [6, 6.07) is 7.51. The van der Waals surface area contributed by atoms with Gasteiger partial charge in [0.2, 0.25) is 10.0 Å². The van der Waals surface area contributed by atoms with Gasteiger partial charge in [0.05, 0.1) is 6.10 Å². The lowest BCUT2D eigenvalue weighted by atomic mass is 10.1. The molecule has 0 fully saturated rings. The Bertz CT molecular complexity index is 703. The van der Waals surface area contributed by atoms with Crippen molar-refractivity contribution in [3.63, 3.8) is 0 Å². The molecule has 5 nitrogen and oxygen atoms in total. The minimum Gasteiger partial charge on any atom is -0.387 e. The summed E-state index contributed by atoms with van der Waals surface area (Å²) in [5, 5.41) is 10.8. The molecule has 21 heavy (non-hydrogen) atoms. The first kappa shape index (κ1) is 16.2. The average molecular weight is 347 g/mol. The Kier molecular flexibility index (Phi) is 5.18. The maximum absolute atomic E-state index is 12.0. The number of aliphatic hydroxyl groups is 1. The van der Waals surface area contributed by atoms with Crippen LogP contribution in [0.25, 0.3) is 0 Å². The molecular formula is C13H12Cl2N2O3S. The number of sulfonamides is 1. The molecule has 1 heterocycles. The fourth-order valence-corrected chi connectivity index (χ4v) is 3.21. The molecule has 0 aliphatic heterocycles. The van der Waals surface area contributed by atoms with Crippen LogP contribution >= 0.6 is 23.2 Å². The second-order valence-electron chi connectivity index (χ2n) is 4.26. The molecule has 0 bridgehead atoms. The van der Waals surface area contributed by atoms with Crippen molar-refractivity contribution in [2.45, 2.75) is 11.0 Å². The van der Waals surface area contributed by atoms with E-state index in [-0.39, 0.29) is 11.4 Å². The fraction of sp³-hybridized carbons (Fsp3) is 0.154. The topological polar surface area (TPSA) is 79.3 Å². The standard InChI is InChI=1S/C13H12Cl2N2O3S/c14-10-4-9(5-11(15)6-10)13(18)8-17-21(19,20)12-2-1-3-16-7-12/h1-7,13,17-18H,8H2. The summed E-state index contributed by atoms with van der Waals surface area (Å²) in [4.78, 5) is 3.77. The number of hydrogen-bond donors (Lipinski definition) is 2. The molecule has 1 aromatic carbocycles. The number of halogens is 2. The minimum atomic E-state index is -3.72. The second-order valence-corrected chi connectivity index (χ2v) is 6.90. The molecular weight excluding hydrogens is 335 g/mol. The second kappa shape index (κ2) is 6.72. The fourth-order valence-electron chi connectivity index (χ4n) is 1.66. The molecule has 2 aromatic rings. The third kappa shape index (κ3) is 4.39. The molecule has 0 aliphatic carbocycles. The van der Waals surface area contributed by atoms with E-state index in [0.29, 0.717) is 15.6 Å². The summed E-state index contributed by atoms with van der Waals surface area (Å²) >= 11 is 11.7. The van der Waals surface area contributed by atoms with Gasteiger partial charge in [-0.3, -0.25) is 4.98 Å². The molecule has 0 spiro atoms. The predicted octanol–water partition coefficient (Wildman–Crippen LogP) is 2.40. The summed E-state index contributed by atoms with van der Waals surface area (Å²) in [6.45, 7) is -0.200. The van der Waals surface area contributed by atoms with Crippen LogP contribution in [0.1, 0.15) is 11.7 Å². The maximum Gasteiger partial charge on any atom is 0.242 e. The lowest BCUT2D eigenvalue weighted by molar-refractivity contribution is 0.182. The molecule has 0 aliphatic rings. The SMILES string of the molecule is O=S(=O)(NCC(O)c1cc(Cl)cc(Cl)c1)c1cccnc1. The van der Waals surface area contributed by atoms with Gasteiger partial charge >= 0.3 is 0 Å². The van der Waals surface area contributed by atoms with Gasteiger partial charge in [-0.1, -0.05) is 23.2 Å². The van der Waals surface area contributed by atoms with Crippen LogP contribution < -0.4 is 4.72 Å². The molecule has 0 saturated carbocycles. The van der Waals surface area contributed by atoms with E-state index < -0.39 is 16.1 Å². The van der Waals surface area contributed by atoms with Crippen LogP contribution in [0.15, 0.2) is 47.6 Å². The Morgan fingerprint density at radius 1 is 1.24 bits per heavy atom. The van der Waals surface area contributed by atoms with Gasteiger partial charge in [-0.2, -0.15) is 0 Å². The Morgan fingerprint density at radius 2 is 1.90 bits per heavy atom. The lowest BCUT2D eigenvalue weighted by Crippen LogP contribution is -2.28. The van der Waals surface area contributed by atoms with Crippen molar-refractivity contribution in [1.29, 1.82) is 0 Å². The third-order valence-electron chi connectivity index (χ3n) is 2.68. The summed E-state index contributed by atoms with van der Waals surface area (Å²) in [5.74, 6) is 0. The Labute approximate surface area is 132 Å². The third-order valence-corrected chi connectivity index (χ3v) is 4.53. The van der Waals surface area contributed by atoms with Gasteiger partial charge in [0, 0.05) is 29.0 Å². The number of hydrogen-bond acceptors (Lipinski definition) is 4. The highest BCUT2D eigenvalue weighted by atomic mass is 35.5. The van der Waals surface area contributed by atoms with Gasteiger partial charge in [0.1, 0.15) is 4.90 Å². The van der Waals surface area contributed by atoms with E-state index in [2.05, 4.69) is 9.71 Å². The molecule has 0 radical (unpaired) electrons. The zero-order chi connectivity index (χ0) is 15.5. The lowest BCUT2D eigenvalue weighted by Gasteiger charge is -2.13. The number of pyridine rings is 1. The Balaban J connectivity index is 2.09. The summed E-state index contributed by atoms with van der Waals surface area (Å²) in [6.07, 6.45) is 1.64. The van der Waals surface area contributed by atoms with Crippen LogP contribution in [0.5, 0.6) is 0 Å². The van der Waals surface area contributed by atoms with Crippen LogP contribution in [0, 0.1) is 0 Å². The maximum atomic E-state index is 12.0. The number of nitrogens with zero attached hydrogens (tertiary/aromatic N) is 1. The van der Waals surface area contributed by atoms with E-state index in [9.17, 15) is 13.5 Å². The van der Waals surface area contributed by atoms with Crippen LogP contribution in [0.2, 0.25) is 10.0 Å². The summed E-state index contributed by atoms with van der Waals surface area (Å²) in [7, 11) is -3.72. The van der Waals surface area contributed by atoms with Gasteiger partial charge in [-0.25, -0.2) is 13.1 Å². The highest BCUT2D eigenvalue weighted by Crippen LogP contribution is 2.23. The van der Waals surface area contributed by atoms with Gasteiger partial charge in [-0.05, 0) is 35.9 Å². The average Bonchev–Trinajstić information content (AvgIpc) is 2.45. The molecule has 0 amide bonds. The van der Waals surface area contributed by atoms with Gasteiger partial charge < -0.3 is 5.11 Å². The quantitative estimate of drug-likeness (QED) is 0.871. The zero-order valence-electron chi connectivity index (χ0n) is 10.7. The highest BCUT2D eigenvalue weighted by Gasteiger charge is 2.17. The number of nitrogens with one attached hydrogen (secondary N) is 1. The molecule has 112 valence electrons. The van der Waals surface area contributed by atoms with Crippen molar-refractivity contribution >= 4 is 33.2 Å². The first-order valence-corrected chi connectivity index (χ1v) is 8.16. The number of rotatable bonds is 5. The first-order valence-electron chi connectivity index (χ1n) is 5.92. The van der Waals surface area contributed by atoms with E-state index in [4.69, 9.17) is 23.2 Å². The van der Waals surface area contributed by atoms with Crippen LogP contribution in [0.3, 0.4) is 0 Å². The Morgan fingerprint density at radius 3 is 2.48 bits per heavy atom. The molecule has 1 atom stereocenters. The van der Waals surface area contributed by atoms with Crippen molar-refractivity contribution in [3.05, 3.63) is 58.3 Å². The van der Waals surface area contributed by atoms with E-state index in [1.54, 1.807) is 0 Å². The minimum absolute atomic E-state index is 0.0290. The van der Waals surface area contributed by atoms with E-state index in [0.717, 1.165) is 0 Å². The summed E-state index contributed by atoms with van der Waals surface area (Å²) < 4.78 is 26.3. The van der Waals surface area contributed by atoms with E-state index in [1.807, 2.05) is 0 Å². The van der Waals surface area contributed by atoms with E-state index in [1.165, 1.54) is 42.7 Å². The normalized spacial score (nSPS) is 13.1. The van der Waals surface area contributed by atoms with Crippen molar-refractivity contribution in [3.8, 4) is 0 Å². The Hall–Kier alpha value is -1.18. The van der Waals surface area contributed by atoms with Crippen LogP contribution in [0.4, 0.5) is 0 Å². The molecule has 2 rings (SSSR count).